The van der Waals surface area contributed by atoms with Crippen molar-refractivity contribution in [2.45, 2.75) is 19.5 Å². The summed E-state index contributed by atoms with van der Waals surface area (Å²) in [5, 5.41) is 8.59. The van der Waals surface area contributed by atoms with E-state index in [1.54, 1.807) is 0 Å². The molecule has 2 amide bonds. The molecule has 2 aromatic carbocycles. The summed E-state index contributed by atoms with van der Waals surface area (Å²) in [7, 11) is 0. The van der Waals surface area contributed by atoms with Crippen LogP contribution >= 0.6 is 0 Å². The third-order valence-electron chi connectivity index (χ3n) is 4.28. The molecule has 1 heterocycles. The molecule has 0 unspecified atom stereocenters. The van der Waals surface area contributed by atoms with Gasteiger partial charge in [-0.05, 0) is 36.8 Å². The van der Waals surface area contributed by atoms with Gasteiger partial charge in [0, 0.05) is 17.8 Å². The third kappa shape index (κ3) is 4.90. The number of halogens is 4. The first-order valence-electron chi connectivity index (χ1n) is 9.32. The fourth-order valence-electron chi connectivity index (χ4n) is 2.87. The number of nitrogens with one attached hydrogen (secondary N) is 2. The zero-order chi connectivity index (χ0) is 22.6. The molecule has 0 atom stereocenters. The highest BCUT2D eigenvalue weighted by Gasteiger charge is 2.41. The third-order valence-corrected chi connectivity index (χ3v) is 4.28. The van der Waals surface area contributed by atoms with E-state index in [4.69, 9.17) is 0 Å². The number of alkyl halides is 3. The first-order chi connectivity index (χ1) is 14.7. The molecule has 10 heteroatoms. The molecule has 0 fully saturated rings. The van der Waals surface area contributed by atoms with Crippen molar-refractivity contribution in [3.05, 3.63) is 77.4 Å². The summed E-state index contributed by atoms with van der Waals surface area (Å²) in [5.41, 5.74) is -2.27. The van der Waals surface area contributed by atoms with Crippen molar-refractivity contribution in [2.24, 2.45) is 0 Å². The summed E-state index contributed by atoms with van der Waals surface area (Å²) >= 11 is 0. The zero-order valence-corrected chi connectivity index (χ0v) is 16.3. The van der Waals surface area contributed by atoms with E-state index in [1.165, 1.54) is 36.4 Å². The first kappa shape index (κ1) is 22.0. The Morgan fingerprint density at radius 3 is 2.48 bits per heavy atom. The van der Waals surface area contributed by atoms with Crippen LogP contribution < -0.4 is 10.6 Å². The highest BCUT2D eigenvalue weighted by Crippen LogP contribution is 2.34. The minimum Gasteiger partial charge on any atom is -0.352 e. The highest BCUT2D eigenvalue weighted by molar-refractivity contribution is 6.06. The molecule has 0 spiro atoms. The monoisotopic (exact) mass is 434 g/mol. The van der Waals surface area contributed by atoms with Gasteiger partial charge in [-0.3, -0.25) is 9.59 Å². The Morgan fingerprint density at radius 1 is 1.06 bits per heavy atom. The van der Waals surface area contributed by atoms with E-state index in [2.05, 4.69) is 15.7 Å². The molecule has 0 saturated carbocycles. The van der Waals surface area contributed by atoms with Crippen molar-refractivity contribution >= 4 is 17.5 Å². The van der Waals surface area contributed by atoms with Gasteiger partial charge in [0.1, 0.15) is 11.5 Å². The van der Waals surface area contributed by atoms with Gasteiger partial charge in [-0.1, -0.05) is 25.1 Å². The van der Waals surface area contributed by atoms with E-state index in [0.29, 0.717) is 11.2 Å². The van der Waals surface area contributed by atoms with Crippen molar-refractivity contribution in [1.82, 2.24) is 15.1 Å². The minimum atomic E-state index is -4.98. The Labute approximate surface area is 174 Å². The van der Waals surface area contributed by atoms with Gasteiger partial charge in [0.05, 0.1) is 11.8 Å². The van der Waals surface area contributed by atoms with E-state index in [0.717, 1.165) is 24.8 Å². The van der Waals surface area contributed by atoms with E-state index in [-0.39, 0.29) is 17.2 Å². The molecule has 31 heavy (non-hydrogen) atoms. The van der Waals surface area contributed by atoms with E-state index < -0.39 is 34.8 Å². The topological polar surface area (TPSA) is 76.0 Å². The standard InChI is InChI=1S/C21H18F4N4O2/c1-2-10-26-19(30)13-6-5-7-14(11-13)28-20(31)15-12-27-29(18(15)21(23,24)25)17-9-4-3-8-16(17)22/h3-9,11-12H,2,10H2,1H3,(H,26,30)(H,28,31). The highest BCUT2D eigenvalue weighted by atomic mass is 19.4. The lowest BCUT2D eigenvalue weighted by atomic mass is 10.1. The van der Waals surface area contributed by atoms with Gasteiger partial charge < -0.3 is 10.6 Å². The maximum atomic E-state index is 14.0. The van der Waals surface area contributed by atoms with Crippen molar-refractivity contribution in [1.29, 1.82) is 0 Å². The second kappa shape index (κ2) is 8.99. The molecule has 0 aliphatic carbocycles. The summed E-state index contributed by atoms with van der Waals surface area (Å²) in [6.07, 6.45) is -3.52. The summed E-state index contributed by atoms with van der Waals surface area (Å²) in [4.78, 5) is 24.7. The van der Waals surface area contributed by atoms with E-state index >= 15 is 0 Å². The number of anilines is 1. The Morgan fingerprint density at radius 2 is 1.81 bits per heavy atom. The maximum absolute atomic E-state index is 14.0. The lowest BCUT2D eigenvalue weighted by Gasteiger charge is -2.13. The number of rotatable bonds is 6. The van der Waals surface area contributed by atoms with Crippen LogP contribution in [0.3, 0.4) is 0 Å². The Hall–Kier alpha value is -3.69. The van der Waals surface area contributed by atoms with Crippen LogP contribution in [0.15, 0.2) is 54.7 Å². The summed E-state index contributed by atoms with van der Waals surface area (Å²) < 4.78 is 55.6. The van der Waals surface area contributed by atoms with Crippen LogP contribution in [0.5, 0.6) is 0 Å². The van der Waals surface area contributed by atoms with Crippen LogP contribution in [0.2, 0.25) is 0 Å². The number of amides is 2. The van der Waals surface area contributed by atoms with Crippen LogP contribution in [0.25, 0.3) is 5.69 Å². The molecule has 162 valence electrons. The molecule has 3 aromatic rings. The molecule has 6 nitrogen and oxygen atoms in total. The van der Waals surface area contributed by atoms with Crippen molar-refractivity contribution in [3.8, 4) is 5.69 Å². The number of benzene rings is 2. The SMILES string of the molecule is CCCNC(=O)c1cccc(NC(=O)c2cnn(-c3ccccc3F)c2C(F)(F)F)c1. The first-order valence-corrected chi connectivity index (χ1v) is 9.32. The van der Waals surface area contributed by atoms with Crippen molar-refractivity contribution in [2.75, 3.05) is 11.9 Å². The second-order valence-corrected chi connectivity index (χ2v) is 6.56. The van der Waals surface area contributed by atoms with Crippen LogP contribution in [0, 0.1) is 5.82 Å². The van der Waals surface area contributed by atoms with Crippen molar-refractivity contribution < 1.29 is 27.2 Å². The number of hydrogen-bond acceptors (Lipinski definition) is 3. The molecule has 2 N–H and O–H groups in total. The van der Waals surface area contributed by atoms with Gasteiger partial charge in [-0.25, -0.2) is 9.07 Å². The van der Waals surface area contributed by atoms with E-state index in [1.807, 2.05) is 6.92 Å². The van der Waals surface area contributed by atoms with Gasteiger partial charge >= 0.3 is 6.18 Å². The lowest BCUT2D eigenvalue weighted by molar-refractivity contribution is -0.143. The quantitative estimate of drug-likeness (QED) is 0.564. The van der Waals surface area contributed by atoms with Gasteiger partial charge in [0.2, 0.25) is 0 Å². The minimum absolute atomic E-state index is 0.126. The second-order valence-electron chi connectivity index (χ2n) is 6.56. The van der Waals surface area contributed by atoms with Crippen LogP contribution in [-0.2, 0) is 6.18 Å². The smallest absolute Gasteiger partial charge is 0.352 e. The van der Waals surface area contributed by atoms with Crippen molar-refractivity contribution in [3.63, 3.8) is 0 Å². The van der Waals surface area contributed by atoms with Gasteiger partial charge in [0.25, 0.3) is 11.8 Å². The number of para-hydroxylation sites is 1. The number of carbonyl (C=O) groups is 2. The number of aromatic nitrogens is 2. The average molecular weight is 434 g/mol. The molecule has 1 aromatic heterocycles. The molecule has 3 rings (SSSR count). The van der Waals surface area contributed by atoms with Gasteiger partial charge in [-0.2, -0.15) is 18.3 Å². The molecule has 0 aliphatic rings. The largest absolute Gasteiger partial charge is 0.434 e. The summed E-state index contributed by atoms with van der Waals surface area (Å²) in [6, 6.07) is 10.6. The number of nitrogens with zero attached hydrogens (tertiary/aromatic N) is 2. The Balaban J connectivity index is 1.93. The van der Waals surface area contributed by atoms with Crippen LogP contribution in [0.4, 0.5) is 23.2 Å². The predicted octanol–water partition coefficient (Wildman–Crippen LogP) is 4.42. The zero-order valence-electron chi connectivity index (χ0n) is 16.3. The van der Waals surface area contributed by atoms with Gasteiger partial charge in [0.15, 0.2) is 5.69 Å². The number of carbonyl (C=O) groups excluding carboxylic acids is 2. The molecule has 0 saturated heterocycles. The van der Waals surface area contributed by atoms with E-state index in [9.17, 15) is 27.2 Å². The molecule has 0 radical (unpaired) electrons. The van der Waals surface area contributed by atoms with Crippen LogP contribution in [0.1, 0.15) is 39.8 Å². The molecule has 0 bridgehead atoms. The Kier molecular flexibility index (Phi) is 6.38. The fraction of sp³-hybridized carbons (Fsp3) is 0.190. The van der Waals surface area contributed by atoms with Crippen LogP contribution in [-0.4, -0.2) is 28.1 Å². The van der Waals surface area contributed by atoms with Gasteiger partial charge in [-0.15, -0.1) is 0 Å². The summed E-state index contributed by atoms with van der Waals surface area (Å²) in [5.74, 6) is -2.39. The maximum Gasteiger partial charge on any atom is 0.434 e. The normalized spacial score (nSPS) is 11.3. The lowest BCUT2D eigenvalue weighted by Crippen LogP contribution is -2.24. The summed E-state index contributed by atoms with van der Waals surface area (Å²) in [6.45, 7) is 2.34. The Bertz CT molecular complexity index is 1110. The average Bonchev–Trinajstić information content (AvgIpc) is 3.18. The molecular weight excluding hydrogens is 416 g/mol. The predicted molar refractivity (Wildman–Crippen MR) is 106 cm³/mol. The number of hydrogen-bond donors (Lipinski definition) is 2. The molecular formula is C21H18F4N4O2. The fourth-order valence-corrected chi connectivity index (χ4v) is 2.87. The molecule has 0 aliphatic heterocycles.